The lowest BCUT2D eigenvalue weighted by Gasteiger charge is -2.22. The van der Waals surface area contributed by atoms with Crippen LogP contribution in [0.1, 0.15) is 40.5 Å². The number of benzene rings is 1. The zero-order valence-electron chi connectivity index (χ0n) is 16.1. The maximum atomic E-state index is 12.2. The Morgan fingerprint density at radius 1 is 1.15 bits per heavy atom. The molecule has 8 heteroatoms. The standard InChI is InChI=1S/C18H27ClN2O5/c1-11(20-17(23)26-18(2,3)4)7-8-16(22)21-13-9-12(19)14(24-5)10-15(13)25-6/h9-11H,7-8H2,1-6H3,(H,20,23)(H,21,22)/t11-/m1/s1. The van der Waals surface area contributed by atoms with Gasteiger partial charge in [0.25, 0.3) is 0 Å². The van der Waals surface area contributed by atoms with E-state index in [0.717, 1.165) is 0 Å². The van der Waals surface area contributed by atoms with E-state index in [4.69, 9.17) is 25.8 Å². The number of rotatable bonds is 7. The van der Waals surface area contributed by atoms with Gasteiger partial charge in [0, 0.05) is 18.5 Å². The van der Waals surface area contributed by atoms with E-state index in [9.17, 15) is 9.59 Å². The van der Waals surface area contributed by atoms with Crippen LogP contribution in [0.3, 0.4) is 0 Å². The fourth-order valence-corrected chi connectivity index (χ4v) is 2.34. The highest BCUT2D eigenvalue weighted by molar-refractivity contribution is 6.32. The molecule has 0 aliphatic carbocycles. The summed E-state index contributed by atoms with van der Waals surface area (Å²) in [6.45, 7) is 7.18. The molecule has 0 radical (unpaired) electrons. The average Bonchev–Trinajstić information content (AvgIpc) is 2.51. The number of amides is 2. The first kappa shape index (κ1) is 21.9. The van der Waals surface area contributed by atoms with E-state index in [1.165, 1.54) is 14.2 Å². The minimum Gasteiger partial charge on any atom is -0.495 e. The molecule has 0 spiro atoms. The van der Waals surface area contributed by atoms with E-state index in [-0.39, 0.29) is 18.4 Å². The molecule has 1 atom stereocenters. The van der Waals surface area contributed by atoms with E-state index < -0.39 is 11.7 Å². The highest BCUT2D eigenvalue weighted by Gasteiger charge is 2.18. The van der Waals surface area contributed by atoms with E-state index in [1.54, 1.807) is 32.9 Å². The van der Waals surface area contributed by atoms with Crippen LogP contribution < -0.4 is 20.1 Å². The molecule has 1 aromatic rings. The minimum atomic E-state index is -0.564. The van der Waals surface area contributed by atoms with Crippen molar-refractivity contribution in [2.24, 2.45) is 0 Å². The Hall–Kier alpha value is -2.15. The molecule has 0 saturated heterocycles. The number of ether oxygens (including phenoxy) is 3. The van der Waals surface area contributed by atoms with Gasteiger partial charge in [0.1, 0.15) is 17.1 Å². The first-order valence-electron chi connectivity index (χ1n) is 8.26. The number of carbonyl (C=O) groups excluding carboxylic acids is 2. The molecule has 1 rings (SSSR count). The molecule has 2 amide bonds. The summed E-state index contributed by atoms with van der Waals surface area (Å²) < 4.78 is 15.5. The Bertz CT molecular complexity index is 643. The van der Waals surface area contributed by atoms with Gasteiger partial charge < -0.3 is 24.8 Å². The van der Waals surface area contributed by atoms with Crippen molar-refractivity contribution in [3.8, 4) is 11.5 Å². The van der Waals surface area contributed by atoms with Crippen molar-refractivity contribution in [3.05, 3.63) is 17.2 Å². The summed E-state index contributed by atoms with van der Waals surface area (Å²) in [7, 11) is 2.99. The molecule has 146 valence electrons. The van der Waals surface area contributed by atoms with Crippen molar-refractivity contribution < 1.29 is 23.8 Å². The number of methoxy groups -OCH3 is 2. The number of halogens is 1. The third kappa shape index (κ3) is 7.39. The Kier molecular flexibility index (Phi) is 8.02. The molecular weight excluding hydrogens is 360 g/mol. The maximum Gasteiger partial charge on any atom is 0.407 e. The summed E-state index contributed by atoms with van der Waals surface area (Å²) in [5.74, 6) is 0.679. The van der Waals surface area contributed by atoms with Gasteiger partial charge in [-0.1, -0.05) is 11.6 Å². The van der Waals surface area contributed by atoms with Crippen molar-refractivity contribution in [2.45, 2.75) is 52.2 Å². The van der Waals surface area contributed by atoms with E-state index in [0.29, 0.717) is 28.6 Å². The second kappa shape index (κ2) is 9.52. The van der Waals surface area contributed by atoms with E-state index >= 15 is 0 Å². The molecule has 1 aromatic carbocycles. The summed E-state index contributed by atoms with van der Waals surface area (Å²) in [6, 6.07) is 2.96. The lowest BCUT2D eigenvalue weighted by atomic mass is 10.1. The third-order valence-corrected chi connectivity index (χ3v) is 3.61. The summed E-state index contributed by atoms with van der Waals surface area (Å²) in [4.78, 5) is 23.9. The lowest BCUT2D eigenvalue weighted by molar-refractivity contribution is -0.116. The Morgan fingerprint density at radius 3 is 2.31 bits per heavy atom. The summed E-state index contributed by atoms with van der Waals surface area (Å²) in [5.41, 5.74) is -0.109. The van der Waals surface area contributed by atoms with Crippen molar-refractivity contribution in [1.82, 2.24) is 5.32 Å². The number of anilines is 1. The number of hydrogen-bond acceptors (Lipinski definition) is 5. The molecule has 2 N–H and O–H groups in total. The molecule has 0 aliphatic rings. The fraction of sp³-hybridized carbons (Fsp3) is 0.556. The zero-order valence-corrected chi connectivity index (χ0v) is 16.8. The highest BCUT2D eigenvalue weighted by Crippen LogP contribution is 2.35. The predicted molar refractivity (Wildman–Crippen MR) is 101 cm³/mol. The molecule has 0 aliphatic heterocycles. The molecule has 26 heavy (non-hydrogen) atoms. The van der Waals surface area contributed by atoms with Gasteiger partial charge in [0.15, 0.2) is 0 Å². The normalized spacial score (nSPS) is 12.1. The molecular formula is C18H27ClN2O5. The van der Waals surface area contributed by atoms with Crippen molar-refractivity contribution in [2.75, 3.05) is 19.5 Å². The first-order chi connectivity index (χ1) is 12.1. The highest BCUT2D eigenvalue weighted by atomic mass is 35.5. The van der Waals surface area contributed by atoms with Crippen LogP contribution in [0.25, 0.3) is 0 Å². The molecule has 0 fully saturated rings. The molecule has 0 unspecified atom stereocenters. The van der Waals surface area contributed by atoms with Crippen molar-refractivity contribution >= 4 is 29.3 Å². The molecule has 0 bridgehead atoms. The number of carbonyl (C=O) groups is 2. The minimum absolute atomic E-state index is 0.211. The fourth-order valence-electron chi connectivity index (χ4n) is 2.10. The first-order valence-corrected chi connectivity index (χ1v) is 8.64. The Balaban J connectivity index is 2.57. The van der Waals surface area contributed by atoms with Crippen LogP contribution in [0, 0.1) is 0 Å². The van der Waals surface area contributed by atoms with Gasteiger partial charge in [-0.15, -0.1) is 0 Å². The second-order valence-corrected chi connectivity index (χ2v) is 7.23. The van der Waals surface area contributed by atoms with Gasteiger partial charge in [0.05, 0.1) is 24.9 Å². The van der Waals surface area contributed by atoms with Gasteiger partial charge in [0.2, 0.25) is 5.91 Å². The Labute approximate surface area is 159 Å². The van der Waals surface area contributed by atoms with Crippen LogP contribution in [-0.2, 0) is 9.53 Å². The number of alkyl carbamates (subject to hydrolysis) is 1. The quantitative estimate of drug-likeness (QED) is 0.740. The summed E-state index contributed by atoms with van der Waals surface area (Å²) >= 11 is 6.09. The maximum absolute atomic E-state index is 12.2. The number of nitrogens with one attached hydrogen (secondary N) is 2. The molecule has 7 nitrogen and oxygen atoms in total. The van der Waals surface area contributed by atoms with Crippen LogP contribution in [0.4, 0.5) is 10.5 Å². The van der Waals surface area contributed by atoms with Crippen LogP contribution in [0.5, 0.6) is 11.5 Å². The Morgan fingerprint density at radius 2 is 1.77 bits per heavy atom. The molecule has 0 saturated carbocycles. The zero-order chi connectivity index (χ0) is 19.9. The molecule has 0 aromatic heterocycles. The lowest BCUT2D eigenvalue weighted by Crippen LogP contribution is -2.38. The van der Waals surface area contributed by atoms with Crippen LogP contribution in [-0.4, -0.2) is 37.9 Å². The second-order valence-electron chi connectivity index (χ2n) is 6.82. The van der Waals surface area contributed by atoms with Gasteiger partial charge in [-0.2, -0.15) is 0 Å². The summed E-state index contributed by atoms with van der Waals surface area (Å²) in [6.07, 6.45) is 0.162. The largest absolute Gasteiger partial charge is 0.495 e. The molecule has 0 heterocycles. The van der Waals surface area contributed by atoms with Gasteiger partial charge in [-0.3, -0.25) is 4.79 Å². The third-order valence-electron chi connectivity index (χ3n) is 3.32. The average molecular weight is 387 g/mol. The van der Waals surface area contributed by atoms with Gasteiger partial charge in [-0.05, 0) is 40.2 Å². The van der Waals surface area contributed by atoms with Crippen LogP contribution in [0.2, 0.25) is 5.02 Å². The van der Waals surface area contributed by atoms with E-state index in [2.05, 4.69) is 10.6 Å². The summed E-state index contributed by atoms with van der Waals surface area (Å²) in [5, 5.41) is 5.82. The predicted octanol–water partition coefficient (Wildman–Crippen LogP) is 3.99. The van der Waals surface area contributed by atoms with Crippen LogP contribution >= 0.6 is 11.6 Å². The van der Waals surface area contributed by atoms with Gasteiger partial charge in [-0.25, -0.2) is 4.79 Å². The number of hydrogen-bond donors (Lipinski definition) is 2. The van der Waals surface area contributed by atoms with Crippen LogP contribution in [0.15, 0.2) is 12.1 Å². The SMILES string of the molecule is COc1cc(OC)c(NC(=O)CC[C@@H](C)NC(=O)OC(C)(C)C)cc1Cl. The smallest absolute Gasteiger partial charge is 0.407 e. The van der Waals surface area contributed by atoms with Gasteiger partial charge >= 0.3 is 6.09 Å². The van der Waals surface area contributed by atoms with Crippen molar-refractivity contribution in [3.63, 3.8) is 0 Å². The van der Waals surface area contributed by atoms with Crippen molar-refractivity contribution in [1.29, 1.82) is 0 Å². The monoisotopic (exact) mass is 386 g/mol. The van der Waals surface area contributed by atoms with E-state index in [1.807, 2.05) is 6.92 Å². The topological polar surface area (TPSA) is 85.9 Å².